The zero-order valence-corrected chi connectivity index (χ0v) is 21.1. The number of benzene rings is 3. The second kappa shape index (κ2) is 10.5. The zero-order chi connectivity index (χ0) is 27.6. The van der Waals surface area contributed by atoms with E-state index in [1.54, 1.807) is 61.3 Å². The maximum Gasteiger partial charge on any atom is 0.418 e. The van der Waals surface area contributed by atoms with E-state index >= 15 is 0 Å². The van der Waals surface area contributed by atoms with E-state index in [9.17, 15) is 18.0 Å². The number of anilines is 1. The van der Waals surface area contributed by atoms with E-state index in [4.69, 9.17) is 4.74 Å². The molecule has 0 aliphatic rings. The maximum atomic E-state index is 13.6. The Kier molecular flexibility index (Phi) is 6.93. The average molecular weight is 532 g/mol. The van der Waals surface area contributed by atoms with Gasteiger partial charge in [0, 0.05) is 23.1 Å². The Morgan fingerprint density at radius 3 is 2.46 bits per heavy atom. The van der Waals surface area contributed by atoms with Gasteiger partial charge in [-0.05, 0) is 61.9 Å². The van der Waals surface area contributed by atoms with E-state index in [0.29, 0.717) is 29.4 Å². The molecule has 0 unspecified atom stereocenters. The summed E-state index contributed by atoms with van der Waals surface area (Å²) in [6.07, 6.45) is -1.44. The minimum Gasteiger partial charge on any atom is -0.489 e. The molecule has 0 spiro atoms. The lowest BCUT2D eigenvalue weighted by molar-refractivity contribution is -0.137. The highest BCUT2D eigenvalue weighted by Gasteiger charge is 2.34. The predicted molar refractivity (Wildman–Crippen MR) is 140 cm³/mol. The topological polar surface area (TPSA) is 74.0 Å². The molecule has 0 atom stereocenters. The van der Waals surface area contributed by atoms with Crippen molar-refractivity contribution in [2.45, 2.75) is 26.6 Å². The second-order valence-corrected chi connectivity index (χ2v) is 8.91. The number of amides is 1. The van der Waals surface area contributed by atoms with Crippen molar-refractivity contribution in [1.29, 1.82) is 0 Å². The average Bonchev–Trinajstić information content (AvgIpc) is 3.55. The van der Waals surface area contributed by atoms with Crippen molar-refractivity contribution < 1.29 is 22.7 Å². The van der Waals surface area contributed by atoms with Crippen molar-refractivity contribution in [3.05, 3.63) is 120 Å². The fraction of sp³-hybridized carbons (Fsp3) is 0.138. The molecule has 0 aliphatic carbocycles. The number of carbonyl (C=O) groups is 1. The third-order valence-corrected chi connectivity index (χ3v) is 6.24. The number of aryl methyl sites for hydroxylation is 1. The molecule has 5 rings (SSSR count). The molecular formula is C29H24F3N5O2. The maximum absolute atomic E-state index is 13.6. The molecule has 0 saturated heterocycles. The monoisotopic (exact) mass is 531 g/mol. The lowest BCUT2D eigenvalue weighted by Crippen LogP contribution is -2.15. The van der Waals surface area contributed by atoms with Gasteiger partial charge in [-0.3, -0.25) is 4.79 Å². The Balaban J connectivity index is 1.29. The number of ether oxygens (including phenoxy) is 1. The van der Waals surface area contributed by atoms with E-state index in [-0.39, 0.29) is 11.3 Å². The van der Waals surface area contributed by atoms with Gasteiger partial charge in [-0.2, -0.15) is 18.3 Å². The number of alkyl halides is 3. The van der Waals surface area contributed by atoms with E-state index in [2.05, 4.69) is 15.4 Å². The van der Waals surface area contributed by atoms with Crippen molar-refractivity contribution in [2.24, 2.45) is 0 Å². The van der Waals surface area contributed by atoms with Crippen LogP contribution in [0.2, 0.25) is 0 Å². The number of halogens is 3. The normalized spacial score (nSPS) is 11.4. The molecule has 0 bridgehead atoms. The summed E-state index contributed by atoms with van der Waals surface area (Å²) in [4.78, 5) is 17.1. The van der Waals surface area contributed by atoms with Crippen LogP contribution in [-0.2, 0) is 12.8 Å². The van der Waals surface area contributed by atoms with Crippen molar-refractivity contribution in [2.75, 3.05) is 5.32 Å². The van der Waals surface area contributed by atoms with Gasteiger partial charge in [0.05, 0.1) is 22.5 Å². The molecule has 10 heteroatoms. The molecule has 2 aromatic heterocycles. The van der Waals surface area contributed by atoms with Gasteiger partial charge in [-0.25, -0.2) is 9.67 Å². The van der Waals surface area contributed by atoms with Gasteiger partial charge in [0.1, 0.15) is 25.0 Å². The van der Waals surface area contributed by atoms with Crippen LogP contribution in [0.3, 0.4) is 0 Å². The molecular weight excluding hydrogens is 507 g/mol. The third-order valence-electron chi connectivity index (χ3n) is 6.24. The first-order valence-corrected chi connectivity index (χ1v) is 12.0. The van der Waals surface area contributed by atoms with Crippen LogP contribution in [0.25, 0.3) is 11.4 Å². The standard InChI is InChI=1S/C29H24F3N5O2/c1-19-14-25(20(2)37(19)27-9-4-3-8-26(27)29(30,31)32)28(38)35-22-6-5-7-24(15-22)39-16-21-10-12-23(13-11-21)36-18-33-17-34-36/h3-15,17-18H,16H2,1-2H3,(H,35,38). The molecule has 39 heavy (non-hydrogen) atoms. The largest absolute Gasteiger partial charge is 0.489 e. The summed E-state index contributed by atoms with van der Waals surface area (Å²) in [5, 5.41) is 6.93. The smallest absolute Gasteiger partial charge is 0.418 e. The van der Waals surface area contributed by atoms with Crippen LogP contribution in [0.5, 0.6) is 5.75 Å². The summed E-state index contributed by atoms with van der Waals surface area (Å²) < 4.78 is 49.9. The first kappa shape index (κ1) is 25.8. The molecule has 1 amide bonds. The summed E-state index contributed by atoms with van der Waals surface area (Å²) in [7, 11) is 0. The summed E-state index contributed by atoms with van der Waals surface area (Å²) in [6.45, 7) is 3.61. The van der Waals surface area contributed by atoms with E-state index in [1.807, 2.05) is 24.3 Å². The molecule has 5 aromatic rings. The molecule has 0 saturated carbocycles. The molecule has 0 aliphatic heterocycles. The van der Waals surface area contributed by atoms with Crippen LogP contribution in [0, 0.1) is 13.8 Å². The number of nitrogens with one attached hydrogen (secondary N) is 1. The lowest BCUT2D eigenvalue weighted by Gasteiger charge is -2.17. The number of carbonyl (C=O) groups excluding carboxylic acids is 1. The van der Waals surface area contributed by atoms with Crippen LogP contribution in [0.4, 0.5) is 18.9 Å². The number of hydrogen-bond acceptors (Lipinski definition) is 4. The third kappa shape index (κ3) is 5.54. The minimum absolute atomic E-state index is 0.0243. The van der Waals surface area contributed by atoms with Crippen LogP contribution >= 0.6 is 0 Å². The van der Waals surface area contributed by atoms with Crippen molar-refractivity contribution >= 4 is 11.6 Å². The number of aromatic nitrogens is 4. The number of para-hydroxylation sites is 1. The predicted octanol–water partition coefficient (Wildman–Crippen LogP) is 6.52. The molecule has 3 aromatic carbocycles. The van der Waals surface area contributed by atoms with Crippen molar-refractivity contribution in [3.8, 4) is 17.1 Å². The molecule has 198 valence electrons. The fourth-order valence-corrected chi connectivity index (χ4v) is 4.39. The first-order valence-electron chi connectivity index (χ1n) is 12.0. The Morgan fingerprint density at radius 2 is 1.74 bits per heavy atom. The molecule has 2 heterocycles. The van der Waals surface area contributed by atoms with E-state index < -0.39 is 17.6 Å². The summed E-state index contributed by atoms with van der Waals surface area (Å²) in [6, 6.07) is 21.5. The van der Waals surface area contributed by atoms with Gasteiger partial charge in [0.15, 0.2) is 0 Å². The number of nitrogens with zero attached hydrogens (tertiary/aromatic N) is 4. The van der Waals surface area contributed by atoms with E-state index in [0.717, 1.165) is 17.3 Å². The second-order valence-electron chi connectivity index (χ2n) is 8.91. The Labute approximate surface area is 222 Å². The summed E-state index contributed by atoms with van der Waals surface area (Å²) >= 11 is 0. The quantitative estimate of drug-likeness (QED) is 0.259. The molecule has 7 nitrogen and oxygen atoms in total. The van der Waals surface area contributed by atoms with Gasteiger partial charge in [0.25, 0.3) is 5.91 Å². The fourth-order valence-electron chi connectivity index (χ4n) is 4.39. The summed E-state index contributed by atoms with van der Waals surface area (Å²) in [5.41, 5.74) is 2.73. The molecule has 0 fully saturated rings. The number of hydrogen-bond donors (Lipinski definition) is 1. The Hall–Kier alpha value is -4.86. The van der Waals surface area contributed by atoms with Crippen LogP contribution < -0.4 is 10.1 Å². The van der Waals surface area contributed by atoms with Gasteiger partial charge in [0.2, 0.25) is 0 Å². The summed E-state index contributed by atoms with van der Waals surface area (Å²) in [5.74, 6) is 0.123. The van der Waals surface area contributed by atoms with Crippen molar-refractivity contribution in [3.63, 3.8) is 0 Å². The molecule has 1 N–H and O–H groups in total. The number of rotatable bonds is 7. The highest BCUT2D eigenvalue weighted by molar-refractivity contribution is 6.05. The van der Waals surface area contributed by atoms with Crippen molar-refractivity contribution in [1.82, 2.24) is 19.3 Å². The highest BCUT2D eigenvalue weighted by Crippen LogP contribution is 2.35. The Morgan fingerprint density at radius 1 is 0.974 bits per heavy atom. The highest BCUT2D eigenvalue weighted by atomic mass is 19.4. The van der Waals surface area contributed by atoms with E-state index in [1.165, 1.54) is 23.0 Å². The van der Waals surface area contributed by atoms with Crippen LogP contribution in [0.1, 0.15) is 32.9 Å². The first-order chi connectivity index (χ1) is 18.7. The van der Waals surface area contributed by atoms with Crippen LogP contribution in [0.15, 0.2) is 91.5 Å². The lowest BCUT2D eigenvalue weighted by atomic mass is 10.1. The minimum atomic E-state index is -4.53. The van der Waals surface area contributed by atoms with Gasteiger partial charge in [-0.1, -0.05) is 30.3 Å². The zero-order valence-electron chi connectivity index (χ0n) is 21.1. The van der Waals surface area contributed by atoms with Gasteiger partial charge >= 0.3 is 6.18 Å². The van der Waals surface area contributed by atoms with Crippen LogP contribution in [-0.4, -0.2) is 25.2 Å². The molecule has 0 radical (unpaired) electrons. The SMILES string of the molecule is Cc1cc(C(=O)Nc2cccc(OCc3ccc(-n4cncn4)cc3)c2)c(C)n1-c1ccccc1C(F)(F)F. The Bertz CT molecular complexity index is 1610. The van der Waals surface area contributed by atoms with Gasteiger partial charge < -0.3 is 14.6 Å². The van der Waals surface area contributed by atoms with Gasteiger partial charge in [-0.15, -0.1) is 0 Å².